The molecule has 0 amide bonds. The highest BCUT2D eigenvalue weighted by atomic mass is 16.5. The van der Waals surface area contributed by atoms with Gasteiger partial charge in [-0.15, -0.1) is 0 Å². The topological polar surface area (TPSA) is 49.7 Å². The lowest BCUT2D eigenvalue weighted by molar-refractivity contribution is -0.0284. The fourth-order valence-electron chi connectivity index (χ4n) is 3.54. The van der Waals surface area contributed by atoms with Crippen molar-refractivity contribution in [1.82, 2.24) is 0 Å². The van der Waals surface area contributed by atoms with Crippen molar-refractivity contribution in [2.24, 2.45) is 5.92 Å². The van der Waals surface area contributed by atoms with Gasteiger partial charge in [-0.25, -0.2) is 0 Å². The summed E-state index contributed by atoms with van der Waals surface area (Å²) in [6.45, 7) is 2.43. The third-order valence-electron chi connectivity index (χ3n) is 5.16. The average molecular weight is 320 g/mol. The van der Waals surface area contributed by atoms with Gasteiger partial charge in [0.15, 0.2) is 0 Å². The molecule has 3 nitrogen and oxygen atoms in total. The summed E-state index contributed by atoms with van der Waals surface area (Å²) in [6.07, 6.45) is 9.03. The summed E-state index contributed by atoms with van der Waals surface area (Å²) in [4.78, 5) is 0. The molecule has 0 aliphatic heterocycles. The standard InChI is InChI=1S/C20H32O3/c1-2-3-4-16-5-9-18(10-6-16)19-11-7-17(8-12-19)15-23-20(13-21)14-22/h7-8,11-12,16,18,20-22H,2-6,9-10,13-15H2,1H3. The van der Waals surface area contributed by atoms with Crippen molar-refractivity contribution in [3.8, 4) is 0 Å². The first-order valence-electron chi connectivity index (χ1n) is 9.19. The second-order valence-corrected chi connectivity index (χ2v) is 6.90. The van der Waals surface area contributed by atoms with Crippen molar-refractivity contribution >= 4 is 0 Å². The van der Waals surface area contributed by atoms with Crippen LogP contribution in [0, 0.1) is 5.92 Å². The summed E-state index contributed by atoms with van der Waals surface area (Å²) in [5.74, 6) is 1.67. The zero-order valence-corrected chi connectivity index (χ0v) is 14.4. The molecule has 1 aromatic carbocycles. The van der Waals surface area contributed by atoms with Crippen molar-refractivity contribution in [3.63, 3.8) is 0 Å². The van der Waals surface area contributed by atoms with Crippen molar-refractivity contribution in [2.45, 2.75) is 70.5 Å². The van der Waals surface area contributed by atoms with E-state index in [9.17, 15) is 0 Å². The molecule has 2 rings (SSSR count). The van der Waals surface area contributed by atoms with E-state index in [1.807, 2.05) is 0 Å². The zero-order valence-electron chi connectivity index (χ0n) is 14.4. The van der Waals surface area contributed by atoms with Crippen LogP contribution in [0.25, 0.3) is 0 Å². The van der Waals surface area contributed by atoms with Crippen LogP contribution in [0.4, 0.5) is 0 Å². The van der Waals surface area contributed by atoms with E-state index in [-0.39, 0.29) is 13.2 Å². The molecule has 23 heavy (non-hydrogen) atoms. The molecule has 0 aromatic heterocycles. The minimum absolute atomic E-state index is 0.143. The van der Waals surface area contributed by atoms with E-state index in [0.717, 1.165) is 11.5 Å². The molecule has 1 aromatic rings. The quantitative estimate of drug-likeness (QED) is 0.722. The molecule has 0 radical (unpaired) electrons. The van der Waals surface area contributed by atoms with Gasteiger partial charge in [-0.2, -0.15) is 0 Å². The van der Waals surface area contributed by atoms with E-state index in [1.165, 1.54) is 50.5 Å². The number of hydrogen-bond acceptors (Lipinski definition) is 3. The summed E-state index contributed by atoms with van der Waals surface area (Å²) in [5.41, 5.74) is 2.54. The number of aliphatic hydroxyl groups excluding tert-OH is 2. The minimum atomic E-state index is -0.479. The van der Waals surface area contributed by atoms with Crippen LogP contribution >= 0.6 is 0 Å². The lowest BCUT2D eigenvalue weighted by Crippen LogP contribution is -2.21. The number of unbranched alkanes of at least 4 members (excludes halogenated alkanes) is 1. The van der Waals surface area contributed by atoms with Gasteiger partial charge in [0.05, 0.1) is 19.8 Å². The lowest BCUT2D eigenvalue weighted by Gasteiger charge is -2.29. The van der Waals surface area contributed by atoms with Crippen molar-refractivity contribution < 1.29 is 14.9 Å². The molecule has 0 unspecified atom stereocenters. The van der Waals surface area contributed by atoms with Gasteiger partial charge in [-0.3, -0.25) is 0 Å². The highest BCUT2D eigenvalue weighted by molar-refractivity contribution is 5.25. The Bertz CT molecular complexity index is 417. The first-order chi connectivity index (χ1) is 11.3. The van der Waals surface area contributed by atoms with E-state index in [2.05, 4.69) is 31.2 Å². The summed E-state index contributed by atoms with van der Waals surface area (Å²) in [7, 11) is 0. The van der Waals surface area contributed by atoms with Gasteiger partial charge in [0.1, 0.15) is 6.10 Å². The molecule has 0 heterocycles. The molecular weight excluding hydrogens is 288 g/mol. The van der Waals surface area contributed by atoms with Crippen LogP contribution in [0.1, 0.15) is 68.9 Å². The first kappa shape index (κ1) is 18.4. The summed E-state index contributed by atoms with van der Waals surface area (Å²) < 4.78 is 5.46. The Morgan fingerprint density at radius 1 is 1.04 bits per heavy atom. The summed E-state index contributed by atoms with van der Waals surface area (Å²) in [6, 6.07) is 8.68. The van der Waals surface area contributed by atoms with Gasteiger partial charge in [0.25, 0.3) is 0 Å². The maximum atomic E-state index is 9.01. The molecule has 1 aliphatic carbocycles. The van der Waals surface area contributed by atoms with Crippen LogP contribution in [-0.2, 0) is 11.3 Å². The van der Waals surface area contributed by atoms with Crippen molar-refractivity contribution in [1.29, 1.82) is 0 Å². The van der Waals surface area contributed by atoms with Crippen LogP contribution in [0.15, 0.2) is 24.3 Å². The Kier molecular flexibility index (Phi) is 8.07. The third-order valence-corrected chi connectivity index (χ3v) is 5.16. The predicted molar refractivity (Wildman–Crippen MR) is 93.4 cm³/mol. The molecular formula is C20H32O3. The van der Waals surface area contributed by atoms with Crippen molar-refractivity contribution in [3.05, 3.63) is 35.4 Å². The highest BCUT2D eigenvalue weighted by Crippen LogP contribution is 2.37. The van der Waals surface area contributed by atoms with Crippen LogP contribution in [0.2, 0.25) is 0 Å². The highest BCUT2D eigenvalue weighted by Gasteiger charge is 2.21. The Morgan fingerprint density at radius 2 is 1.70 bits per heavy atom. The van der Waals surface area contributed by atoms with Gasteiger partial charge >= 0.3 is 0 Å². The minimum Gasteiger partial charge on any atom is -0.394 e. The van der Waals surface area contributed by atoms with E-state index >= 15 is 0 Å². The molecule has 1 aliphatic rings. The number of aliphatic hydroxyl groups is 2. The fourth-order valence-corrected chi connectivity index (χ4v) is 3.54. The van der Waals surface area contributed by atoms with Gasteiger partial charge in [0, 0.05) is 0 Å². The van der Waals surface area contributed by atoms with Gasteiger partial charge in [-0.05, 0) is 48.6 Å². The molecule has 2 N–H and O–H groups in total. The maximum absolute atomic E-state index is 9.01. The van der Waals surface area contributed by atoms with Gasteiger partial charge < -0.3 is 14.9 Å². The largest absolute Gasteiger partial charge is 0.394 e. The van der Waals surface area contributed by atoms with Crippen LogP contribution < -0.4 is 0 Å². The Balaban J connectivity index is 1.79. The average Bonchev–Trinajstić information content (AvgIpc) is 2.62. The molecule has 1 saturated carbocycles. The Hall–Kier alpha value is -0.900. The molecule has 0 atom stereocenters. The molecule has 0 spiro atoms. The second-order valence-electron chi connectivity index (χ2n) is 6.90. The summed E-state index contributed by atoms with van der Waals surface area (Å²) >= 11 is 0. The van der Waals surface area contributed by atoms with E-state index in [1.54, 1.807) is 0 Å². The molecule has 3 heteroatoms. The van der Waals surface area contributed by atoms with Gasteiger partial charge in [0.2, 0.25) is 0 Å². The normalized spacial score (nSPS) is 21.7. The molecule has 0 saturated heterocycles. The molecule has 1 fully saturated rings. The Morgan fingerprint density at radius 3 is 2.26 bits per heavy atom. The molecule has 130 valence electrons. The third kappa shape index (κ3) is 5.91. The number of ether oxygens (including phenoxy) is 1. The summed E-state index contributed by atoms with van der Waals surface area (Å²) in [5, 5.41) is 18.0. The fraction of sp³-hybridized carbons (Fsp3) is 0.700. The SMILES string of the molecule is CCCCC1CCC(c2ccc(COC(CO)CO)cc2)CC1. The van der Waals surface area contributed by atoms with Crippen molar-refractivity contribution in [2.75, 3.05) is 13.2 Å². The first-order valence-corrected chi connectivity index (χ1v) is 9.19. The lowest BCUT2D eigenvalue weighted by atomic mass is 9.77. The Labute approximate surface area is 140 Å². The van der Waals surface area contributed by atoms with E-state index in [4.69, 9.17) is 14.9 Å². The maximum Gasteiger partial charge on any atom is 0.104 e. The smallest absolute Gasteiger partial charge is 0.104 e. The van der Waals surface area contributed by atoms with Crippen LogP contribution in [0.5, 0.6) is 0 Å². The number of rotatable bonds is 9. The monoisotopic (exact) mass is 320 g/mol. The van der Waals surface area contributed by atoms with Crippen LogP contribution in [-0.4, -0.2) is 29.5 Å². The van der Waals surface area contributed by atoms with E-state index in [0.29, 0.717) is 12.5 Å². The van der Waals surface area contributed by atoms with Gasteiger partial charge in [-0.1, -0.05) is 50.5 Å². The zero-order chi connectivity index (χ0) is 16.5. The number of benzene rings is 1. The van der Waals surface area contributed by atoms with E-state index < -0.39 is 6.10 Å². The molecule has 0 bridgehead atoms. The predicted octanol–water partition coefficient (Wildman–Crippen LogP) is 4.02. The second kappa shape index (κ2) is 10.1. The van der Waals surface area contributed by atoms with Crippen LogP contribution in [0.3, 0.4) is 0 Å². The number of hydrogen-bond donors (Lipinski definition) is 2.